The van der Waals surface area contributed by atoms with Gasteiger partial charge in [-0.05, 0) is 35.3 Å². The lowest BCUT2D eigenvalue weighted by Crippen LogP contribution is -2.71. The third-order valence-corrected chi connectivity index (χ3v) is 9.31. The monoisotopic (exact) mass is 666 g/mol. The number of nitrogen functional groups attached to an aromatic ring is 1. The zero-order chi connectivity index (χ0) is 32.8. The van der Waals surface area contributed by atoms with Crippen molar-refractivity contribution in [1.82, 2.24) is 20.2 Å². The first-order chi connectivity index (χ1) is 22.9. The molecule has 0 aliphatic carbocycles. The van der Waals surface area contributed by atoms with E-state index in [-0.39, 0.29) is 28.8 Å². The Balaban J connectivity index is 1.30. The van der Waals surface area contributed by atoms with Crippen LogP contribution in [0.3, 0.4) is 0 Å². The highest BCUT2D eigenvalue weighted by Crippen LogP contribution is 2.42. The maximum Gasteiger partial charge on any atom is 0.356 e. The number of nitrogens with one attached hydrogen (secondary N) is 1. The number of thiazole rings is 1. The molecule has 0 spiro atoms. The maximum absolute atomic E-state index is 14.2. The van der Waals surface area contributed by atoms with Crippen molar-refractivity contribution < 1.29 is 24.0 Å². The van der Waals surface area contributed by atoms with Gasteiger partial charge in [0.15, 0.2) is 16.9 Å². The summed E-state index contributed by atoms with van der Waals surface area (Å²) in [6.07, 6.45) is 6.29. The summed E-state index contributed by atoms with van der Waals surface area (Å²) in [6.45, 7) is 1.96. The Bertz CT molecular complexity index is 1810. The van der Waals surface area contributed by atoms with Crippen molar-refractivity contribution in [2.45, 2.75) is 24.4 Å². The lowest BCUT2D eigenvalue weighted by molar-refractivity contribution is -0.154. The van der Waals surface area contributed by atoms with Crippen molar-refractivity contribution in [2.75, 3.05) is 18.1 Å². The maximum atomic E-state index is 14.2. The van der Waals surface area contributed by atoms with Gasteiger partial charge in [-0.1, -0.05) is 84.0 Å². The van der Waals surface area contributed by atoms with Crippen molar-refractivity contribution >= 4 is 57.8 Å². The van der Waals surface area contributed by atoms with Gasteiger partial charge in [0, 0.05) is 23.5 Å². The number of benzene rings is 2. The van der Waals surface area contributed by atoms with Crippen LogP contribution in [0.2, 0.25) is 0 Å². The lowest BCUT2D eigenvalue weighted by Gasteiger charge is -2.49. The van der Waals surface area contributed by atoms with Gasteiger partial charge in [-0.3, -0.25) is 19.5 Å². The van der Waals surface area contributed by atoms with Crippen molar-refractivity contribution in [3.05, 3.63) is 130 Å². The number of β-lactam (4-membered cyclic amide) rings is 1. The molecule has 13 heteroatoms. The van der Waals surface area contributed by atoms with Crippen LogP contribution >= 0.6 is 23.1 Å². The molecule has 0 saturated carbocycles. The number of carbonyl (C=O) groups excluding carboxylic acids is 3. The molecule has 2 aliphatic rings. The normalized spacial score (nSPS) is 17.8. The second-order valence-electron chi connectivity index (χ2n) is 10.4. The molecule has 4 heterocycles. The summed E-state index contributed by atoms with van der Waals surface area (Å²) < 4.78 is 6.22. The van der Waals surface area contributed by atoms with E-state index in [2.05, 4.69) is 20.4 Å². The summed E-state index contributed by atoms with van der Waals surface area (Å²) in [5.41, 5.74) is 9.03. The Morgan fingerprint density at radius 3 is 2.43 bits per heavy atom. The molecule has 0 bridgehead atoms. The molecular formula is C34H30N6O5S2. The SMILES string of the molecule is CCON=C(C(=O)NC1C(=O)N2C(C(=O)OC(c3ccccc3)c3ccccc3)=C(C=Cc3cccnc3)CS[C@H]12)c1csc(N)n1. The lowest BCUT2D eigenvalue weighted by atomic mass is 10.00. The number of fused-ring (bicyclic) bond motifs is 1. The minimum Gasteiger partial charge on any atom is -0.448 e. The molecule has 2 aromatic heterocycles. The van der Waals surface area contributed by atoms with E-state index in [0.717, 1.165) is 28.0 Å². The van der Waals surface area contributed by atoms with Gasteiger partial charge in [-0.15, -0.1) is 23.1 Å². The summed E-state index contributed by atoms with van der Waals surface area (Å²) >= 11 is 2.58. The average molecular weight is 667 g/mol. The van der Waals surface area contributed by atoms with Gasteiger partial charge >= 0.3 is 5.97 Å². The molecule has 6 rings (SSSR count). The van der Waals surface area contributed by atoms with Crippen LogP contribution in [0.5, 0.6) is 0 Å². The van der Waals surface area contributed by atoms with Gasteiger partial charge < -0.3 is 20.6 Å². The standard InChI is InChI=1S/C34H30N6O5S2/c1-2-44-39-26(25-20-47-34(35)37-25)30(41)38-27-31(42)40-28(24(19-46-32(27)40)16-15-21-10-9-17-36-18-21)33(43)45-29(22-11-5-3-6-12-22)23-13-7-4-8-14-23/h3-18,20,27,29,32H,2,19H2,1H3,(H2,35,37)(H,38,41)/t27?,32-/m1/s1. The Kier molecular flexibility index (Phi) is 9.74. The van der Waals surface area contributed by atoms with E-state index in [9.17, 15) is 14.4 Å². The number of hydrogen-bond acceptors (Lipinski definition) is 11. The molecule has 2 amide bonds. The number of aromatic nitrogens is 2. The molecule has 1 unspecified atom stereocenters. The van der Waals surface area contributed by atoms with Crippen LogP contribution in [-0.2, 0) is 24.0 Å². The molecule has 4 aromatic rings. The number of carbonyl (C=O) groups is 3. The van der Waals surface area contributed by atoms with E-state index in [1.165, 1.54) is 16.7 Å². The van der Waals surface area contributed by atoms with Gasteiger partial charge in [0.2, 0.25) is 0 Å². The first kappa shape index (κ1) is 31.7. The quantitative estimate of drug-likeness (QED) is 0.102. The number of thioether (sulfide) groups is 1. The van der Waals surface area contributed by atoms with Crippen molar-refractivity contribution in [1.29, 1.82) is 0 Å². The summed E-state index contributed by atoms with van der Waals surface area (Å²) in [5, 5.41) is 7.98. The van der Waals surface area contributed by atoms with Crippen LogP contribution in [0.1, 0.15) is 35.4 Å². The molecular weight excluding hydrogens is 637 g/mol. The van der Waals surface area contributed by atoms with Crippen molar-refractivity contribution in [3.8, 4) is 0 Å². The number of allylic oxidation sites excluding steroid dienone is 1. The van der Waals surface area contributed by atoms with E-state index in [0.29, 0.717) is 11.3 Å². The fourth-order valence-electron chi connectivity index (χ4n) is 5.12. The van der Waals surface area contributed by atoms with Crippen LogP contribution in [0.4, 0.5) is 5.13 Å². The Labute approximate surface area is 279 Å². The number of esters is 1. The van der Waals surface area contributed by atoms with E-state index >= 15 is 0 Å². The predicted molar refractivity (Wildman–Crippen MR) is 181 cm³/mol. The summed E-state index contributed by atoms with van der Waals surface area (Å²) in [7, 11) is 0. The van der Waals surface area contributed by atoms with Crippen LogP contribution < -0.4 is 11.1 Å². The Hall–Kier alpha value is -5.27. The number of rotatable bonds is 11. The van der Waals surface area contributed by atoms with Crippen molar-refractivity contribution in [3.63, 3.8) is 0 Å². The van der Waals surface area contributed by atoms with Gasteiger partial charge in [-0.25, -0.2) is 9.78 Å². The van der Waals surface area contributed by atoms with E-state index in [1.54, 1.807) is 30.8 Å². The molecule has 1 saturated heterocycles. The summed E-state index contributed by atoms with van der Waals surface area (Å²) in [5.74, 6) is -1.38. The van der Waals surface area contributed by atoms with E-state index in [4.69, 9.17) is 15.3 Å². The zero-order valence-electron chi connectivity index (χ0n) is 25.2. The molecule has 11 nitrogen and oxygen atoms in total. The summed E-state index contributed by atoms with van der Waals surface area (Å²) in [4.78, 5) is 56.2. The second kappa shape index (κ2) is 14.4. The minimum atomic E-state index is -0.930. The van der Waals surface area contributed by atoms with Crippen molar-refractivity contribution in [2.24, 2.45) is 5.16 Å². The summed E-state index contributed by atoms with van der Waals surface area (Å²) in [6, 6.07) is 21.6. The van der Waals surface area contributed by atoms with Gasteiger partial charge in [0.1, 0.15) is 29.4 Å². The van der Waals surface area contributed by atoms with E-state index < -0.39 is 35.3 Å². The van der Waals surface area contributed by atoms with Gasteiger partial charge in [0.25, 0.3) is 11.8 Å². The molecule has 0 radical (unpaired) electrons. The zero-order valence-corrected chi connectivity index (χ0v) is 26.8. The van der Waals surface area contributed by atoms with Crippen LogP contribution in [0.25, 0.3) is 6.08 Å². The third kappa shape index (κ3) is 6.95. The molecule has 47 heavy (non-hydrogen) atoms. The molecule has 2 atom stereocenters. The number of pyridine rings is 1. The molecule has 2 aromatic carbocycles. The largest absolute Gasteiger partial charge is 0.448 e. The first-order valence-corrected chi connectivity index (χ1v) is 16.7. The molecule has 2 aliphatic heterocycles. The third-order valence-electron chi connectivity index (χ3n) is 7.33. The average Bonchev–Trinajstić information content (AvgIpc) is 3.54. The number of hydrogen-bond donors (Lipinski definition) is 2. The molecule has 3 N–H and O–H groups in total. The smallest absolute Gasteiger partial charge is 0.356 e. The van der Waals surface area contributed by atoms with Gasteiger partial charge in [-0.2, -0.15) is 0 Å². The highest BCUT2D eigenvalue weighted by Gasteiger charge is 2.54. The highest BCUT2D eigenvalue weighted by molar-refractivity contribution is 8.00. The number of anilines is 1. The number of oxime groups is 1. The number of nitrogens with zero attached hydrogens (tertiary/aromatic N) is 4. The number of amides is 2. The Morgan fingerprint density at radius 2 is 1.81 bits per heavy atom. The fourth-order valence-corrected chi connectivity index (χ4v) is 6.98. The predicted octanol–water partition coefficient (Wildman–Crippen LogP) is 4.56. The minimum absolute atomic E-state index is 0.101. The van der Waals surface area contributed by atoms with E-state index in [1.807, 2.05) is 78.9 Å². The molecule has 238 valence electrons. The molecule has 1 fully saturated rings. The number of nitrogens with two attached hydrogens (primary N) is 1. The topological polar surface area (TPSA) is 149 Å². The highest BCUT2D eigenvalue weighted by atomic mass is 32.2. The first-order valence-electron chi connectivity index (χ1n) is 14.7. The van der Waals surface area contributed by atoms with Crippen LogP contribution in [-0.4, -0.2) is 62.1 Å². The Morgan fingerprint density at radius 1 is 1.09 bits per heavy atom. The number of ether oxygens (including phenoxy) is 1. The van der Waals surface area contributed by atoms with Crippen LogP contribution in [0.15, 0.2) is 113 Å². The van der Waals surface area contributed by atoms with Crippen LogP contribution in [0, 0.1) is 0 Å². The second-order valence-corrected chi connectivity index (χ2v) is 12.4. The van der Waals surface area contributed by atoms with Gasteiger partial charge in [0.05, 0.1) is 0 Å². The fraction of sp³-hybridized carbons (Fsp3) is 0.176.